The smallest absolute Gasteiger partial charge is 0.309 e. The highest BCUT2D eigenvalue weighted by Gasteiger charge is 2.27. The van der Waals surface area contributed by atoms with Crippen LogP contribution < -0.4 is 15.2 Å². The Bertz CT molecular complexity index is 808. The molecule has 1 aliphatic heterocycles. The van der Waals surface area contributed by atoms with Gasteiger partial charge in [-0.1, -0.05) is 0 Å². The molecule has 0 saturated carbocycles. The molecule has 0 aliphatic carbocycles. The third kappa shape index (κ3) is 4.04. The van der Waals surface area contributed by atoms with Gasteiger partial charge in [-0.3, -0.25) is 14.6 Å². The maximum atomic E-state index is 12.1. The predicted octanol–water partition coefficient (Wildman–Crippen LogP) is 2.22. The Labute approximate surface area is 152 Å². The van der Waals surface area contributed by atoms with Crippen LogP contribution >= 0.6 is 0 Å². The molecule has 26 heavy (non-hydrogen) atoms. The van der Waals surface area contributed by atoms with E-state index in [-0.39, 0.29) is 17.4 Å². The van der Waals surface area contributed by atoms with Crippen molar-refractivity contribution in [3.63, 3.8) is 0 Å². The van der Waals surface area contributed by atoms with Gasteiger partial charge < -0.3 is 14.4 Å². The lowest BCUT2D eigenvalue weighted by molar-refractivity contribution is -0.148. The Kier molecular flexibility index (Phi) is 5.55. The number of nitrogens with zero attached hydrogens (tertiary/aromatic N) is 2. The van der Waals surface area contributed by atoms with Crippen molar-refractivity contribution in [3.8, 4) is 17.0 Å². The van der Waals surface area contributed by atoms with Crippen LogP contribution in [0.2, 0.25) is 0 Å². The summed E-state index contributed by atoms with van der Waals surface area (Å²) in [6.45, 7) is 3.52. The molecule has 0 unspecified atom stereocenters. The molecule has 1 aromatic carbocycles. The highest BCUT2D eigenvalue weighted by molar-refractivity contribution is 5.72. The van der Waals surface area contributed by atoms with Crippen molar-refractivity contribution in [3.05, 3.63) is 40.7 Å². The highest BCUT2D eigenvalue weighted by atomic mass is 16.5. The van der Waals surface area contributed by atoms with E-state index in [0.717, 1.165) is 11.3 Å². The minimum Gasteiger partial charge on any atom is -0.497 e. The Morgan fingerprint density at radius 2 is 1.96 bits per heavy atom. The van der Waals surface area contributed by atoms with Crippen molar-refractivity contribution in [2.75, 3.05) is 31.7 Å². The number of ether oxygens (including phenoxy) is 2. The summed E-state index contributed by atoms with van der Waals surface area (Å²) in [7, 11) is 1.61. The third-order valence-corrected chi connectivity index (χ3v) is 4.53. The van der Waals surface area contributed by atoms with E-state index in [1.165, 1.54) is 6.07 Å². The summed E-state index contributed by atoms with van der Waals surface area (Å²) in [6.07, 6.45) is 1.38. The first kappa shape index (κ1) is 18.0. The molecule has 1 fully saturated rings. The van der Waals surface area contributed by atoms with Crippen molar-refractivity contribution >= 4 is 11.9 Å². The van der Waals surface area contributed by atoms with Gasteiger partial charge in [-0.05, 0) is 44.0 Å². The number of methoxy groups -OCH3 is 1. The van der Waals surface area contributed by atoms with Gasteiger partial charge in [0.05, 0.1) is 25.3 Å². The lowest BCUT2D eigenvalue weighted by Gasteiger charge is -2.31. The van der Waals surface area contributed by atoms with Gasteiger partial charge in [-0.15, -0.1) is 0 Å². The largest absolute Gasteiger partial charge is 0.497 e. The maximum absolute atomic E-state index is 12.1. The first-order valence-electron chi connectivity index (χ1n) is 8.78. The lowest BCUT2D eigenvalue weighted by Crippen LogP contribution is -2.38. The number of hydrogen-bond acceptors (Lipinski definition) is 6. The van der Waals surface area contributed by atoms with Crippen LogP contribution in [0.25, 0.3) is 11.3 Å². The van der Waals surface area contributed by atoms with Crippen molar-refractivity contribution < 1.29 is 14.3 Å². The topological polar surface area (TPSA) is 84.5 Å². The van der Waals surface area contributed by atoms with Gasteiger partial charge in [0.1, 0.15) is 5.75 Å². The molecule has 0 radical (unpaired) electrons. The van der Waals surface area contributed by atoms with E-state index < -0.39 is 0 Å². The van der Waals surface area contributed by atoms with Crippen LogP contribution in [0.3, 0.4) is 0 Å². The van der Waals surface area contributed by atoms with E-state index >= 15 is 0 Å². The van der Waals surface area contributed by atoms with E-state index in [1.807, 2.05) is 36.1 Å². The average Bonchev–Trinajstić information content (AvgIpc) is 2.68. The van der Waals surface area contributed by atoms with E-state index in [0.29, 0.717) is 44.2 Å². The van der Waals surface area contributed by atoms with Crippen molar-refractivity contribution in [1.29, 1.82) is 0 Å². The molecule has 0 bridgehead atoms. The van der Waals surface area contributed by atoms with Crippen LogP contribution in [0.5, 0.6) is 5.75 Å². The average molecular weight is 357 g/mol. The molecule has 0 spiro atoms. The Morgan fingerprint density at radius 3 is 2.58 bits per heavy atom. The zero-order valence-corrected chi connectivity index (χ0v) is 15.0. The van der Waals surface area contributed by atoms with Crippen LogP contribution in [-0.4, -0.2) is 42.7 Å². The van der Waals surface area contributed by atoms with Crippen molar-refractivity contribution in [2.24, 2.45) is 5.92 Å². The van der Waals surface area contributed by atoms with Gasteiger partial charge in [0.2, 0.25) is 5.95 Å². The highest BCUT2D eigenvalue weighted by Crippen LogP contribution is 2.24. The molecule has 7 heteroatoms. The van der Waals surface area contributed by atoms with Crippen LogP contribution in [0.4, 0.5) is 5.95 Å². The monoisotopic (exact) mass is 357 g/mol. The minimum absolute atomic E-state index is 0.0808. The van der Waals surface area contributed by atoms with Gasteiger partial charge in [0.25, 0.3) is 5.56 Å². The number of carbonyl (C=O) groups is 1. The van der Waals surface area contributed by atoms with Crippen molar-refractivity contribution in [1.82, 2.24) is 9.97 Å². The van der Waals surface area contributed by atoms with Crippen LogP contribution in [0.1, 0.15) is 19.8 Å². The van der Waals surface area contributed by atoms with Crippen LogP contribution in [-0.2, 0) is 9.53 Å². The summed E-state index contributed by atoms with van der Waals surface area (Å²) in [5, 5.41) is 0. The fraction of sp³-hybridized carbons (Fsp3) is 0.421. The molecule has 1 saturated heterocycles. The number of aromatic amines is 1. The number of rotatable bonds is 5. The fourth-order valence-corrected chi connectivity index (χ4v) is 3.09. The van der Waals surface area contributed by atoms with E-state index in [2.05, 4.69) is 9.97 Å². The Balaban J connectivity index is 1.76. The SMILES string of the molecule is CCOC(=O)C1CCN(c2nc(-c3ccc(OC)cc3)cc(=O)[nH]2)CC1. The molecule has 0 amide bonds. The fourth-order valence-electron chi connectivity index (χ4n) is 3.09. The van der Waals surface area contributed by atoms with Gasteiger partial charge in [-0.25, -0.2) is 4.98 Å². The Hall–Kier alpha value is -2.83. The normalized spacial score (nSPS) is 14.9. The summed E-state index contributed by atoms with van der Waals surface area (Å²) in [6, 6.07) is 8.90. The summed E-state index contributed by atoms with van der Waals surface area (Å²) < 4.78 is 10.3. The maximum Gasteiger partial charge on any atom is 0.309 e. The summed E-state index contributed by atoms with van der Waals surface area (Å²) >= 11 is 0. The summed E-state index contributed by atoms with van der Waals surface area (Å²) in [5.74, 6) is 1.06. The second kappa shape index (κ2) is 8.03. The molecule has 138 valence electrons. The molecule has 1 aromatic heterocycles. The standard InChI is InChI=1S/C19H23N3O4/c1-3-26-18(24)14-8-10-22(11-9-14)19-20-16(12-17(23)21-19)13-4-6-15(25-2)7-5-13/h4-7,12,14H,3,8-11H2,1-2H3,(H,20,21,23). The molecule has 3 rings (SSSR count). The minimum atomic E-state index is -0.201. The third-order valence-electron chi connectivity index (χ3n) is 4.53. The lowest BCUT2D eigenvalue weighted by atomic mass is 9.97. The first-order chi connectivity index (χ1) is 12.6. The molecule has 2 heterocycles. The second-order valence-corrected chi connectivity index (χ2v) is 6.20. The van der Waals surface area contributed by atoms with E-state index in [9.17, 15) is 9.59 Å². The number of anilines is 1. The first-order valence-corrected chi connectivity index (χ1v) is 8.78. The number of hydrogen-bond donors (Lipinski definition) is 1. The number of H-pyrrole nitrogens is 1. The summed E-state index contributed by atoms with van der Waals surface area (Å²) in [5.41, 5.74) is 1.26. The van der Waals surface area contributed by atoms with Gasteiger partial charge in [0.15, 0.2) is 0 Å². The number of nitrogens with one attached hydrogen (secondary N) is 1. The van der Waals surface area contributed by atoms with Crippen molar-refractivity contribution in [2.45, 2.75) is 19.8 Å². The number of aromatic nitrogens is 2. The molecule has 2 aromatic rings. The number of piperidine rings is 1. The van der Waals surface area contributed by atoms with E-state index in [1.54, 1.807) is 7.11 Å². The molecule has 1 N–H and O–H groups in total. The quantitative estimate of drug-likeness (QED) is 0.826. The zero-order chi connectivity index (χ0) is 18.5. The van der Waals surface area contributed by atoms with E-state index in [4.69, 9.17) is 9.47 Å². The van der Waals surface area contributed by atoms with Gasteiger partial charge in [0, 0.05) is 24.7 Å². The molecule has 7 nitrogen and oxygen atoms in total. The molecule has 1 aliphatic rings. The predicted molar refractivity (Wildman–Crippen MR) is 98.4 cm³/mol. The molecular formula is C19H23N3O4. The number of esters is 1. The number of benzene rings is 1. The number of carbonyl (C=O) groups excluding carboxylic acids is 1. The molecule has 0 atom stereocenters. The summed E-state index contributed by atoms with van der Waals surface area (Å²) in [4.78, 5) is 33.4. The van der Waals surface area contributed by atoms with Gasteiger partial charge in [-0.2, -0.15) is 0 Å². The Morgan fingerprint density at radius 1 is 1.27 bits per heavy atom. The van der Waals surface area contributed by atoms with Crippen LogP contribution in [0, 0.1) is 5.92 Å². The molecular weight excluding hydrogens is 334 g/mol. The zero-order valence-electron chi connectivity index (χ0n) is 15.0. The second-order valence-electron chi connectivity index (χ2n) is 6.20. The van der Waals surface area contributed by atoms with Crippen LogP contribution in [0.15, 0.2) is 35.1 Å². The van der Waals surface area contributed by atoms with Gasteiger partial charge >= 0.3 is 5.97 Å².